The summed E-state index contributed by atoms with van der Waals surface area (Å²) in [7, 11) is 5.58. The summed E-state index contributed by atoms with van der Waals surface area (Å²) in [5.74, 6) is 0.394. The van der Waals surface area contributed by atoms with E-state index in [1.54, 1.807) is 18.2 Å². The van der Waals surface area contributed by atoms with Crippen LogP contribution in [0.4, 0.5) is 11.4 Å². The molecular weight excluding hydrogens is 304 g/mol. The van der Waals surface area contributed by atoms with Gasteiger partial charge in [-0.3, -0.25) is 13.9 Å². The van der Waals surface area contributed by atoms with Gasteiger partial charge in [0.15, 0.2) is 0 Å². The summed E-state index contributed by atoms with van der Waals surface area (Å²) >= 11 is 0. The molecule has 1 heterocycles. The predicted octanol–water partition coefficient (Wildman–Crippen LogP) is 1.22. The van der Waals surface area contributed by atoms with Gasteiger partial charge in [-0.15, -0.1) is 10.2 Å². The first-order valence-electron chi connectivity index (χ1n) is 6.53. The van der Waals surface area contributed by atoms with E-state index in [9.17, 15) is 14.7 Å². The molecule has 0 unspecified atom stereocenters. The molecular formula is C14H16N4O5. The Kier molecular flexibility index (Phi) is 4.49. The Morgan fingerprint density at radius 3 is 2.35 bits per heavy atom. The molecule has 23 heavy (non-hydrogen) atoms. The van der Waals surface area contributed by atoms with E-state index >= 15 is 0 Å². The number of hydrogen-bond acceptors (Lipinski definition) is 7. The molecule has 0 aliphatic rings. The highest BCUT2D eigenvalue weighted by Gasteiger charge is 2.14. The first-order valence-corrected chi connectivity index (χ1v) is 6.53. The highest BCUT2D eigenvalue weighted by atomic mass is 16.5. The number of aromatic nitrogens is 2. The molecule has 0 saturated heterocycles. The number of ether oxygens (including phenoxy) is 2. The van der Waals surface area contributed by atoms with E-state index in [1.807, 2.05) is 0 Å². The van der Waals surface area contributed by atoms with Crippen LogP contribution in [0.5, 0.6) is 17.4 Å². The summed E-state index contributed by atoms with van der Waals surface area (Å²) < 4.78 is 12.0. The Bertz CT molecular complexity index is 882. The van der Waals surface area contributed by atoms with Crippen LogP contribution < -0.4 is 20.7 Å². The molecule has 2 rings (SSSR count). The van der Waals surface area contributed by atoms with Gasteiger partial charge in [0.2, 0.25) is 11.6 Å². The molecule has 0 radical (unpaired) electrons. The van der Waals surface area contributed by atoms with E-state index in [1.165, 1.54) is 28.3 Å². The van der Waals surface area contributed by atoms with Gasteiger partial charge >= 0.3 is 5.69 Å². The second-order valence-electron chi connectivity index (χ2n) is 4.62. The van der Waals surface area contributed by atoms with E-state index < -0.39 is 17.1 Å². The molecule has 0 aliphatic heterocycles. The first-order chi connectivity index (χ1) is 10.9. The quantitative estimate of drug-likeness (QED) is 0.852. The van der Waals surface area contributed by atoms with E-state index in [4.69, 9.17) is 9.47 Å². The van der Waals surface area contributed by atoms with E-state index in [2.05, 4.69) is 10.2 Å². The highest BCUT2D eigenvalue weighted by molar-refractivity contribution is 5.55. The lowest BCUT2D eigenvalue weighted by molar-refractivity contribution is 0.395. The van der Waals surface area contributed by atoms with Gasteiger partial charge in [0.1, 0.15) is 17.2 Å². The summed E-state index contributed by atoms with van der Waals surface area (Å²) in [6.45, 7) is 0. The second-order valence-corrected chi connectivity index (χ2v) is 4.62. The minimum Gasteiger partial charge on any atom is -0.497 e. The van der Waals surface area contributed by atoms with Gasteiger partial charge in [-0.2, -0.15) is 0 Å². The van der Waals surface area contributed by atoms with Crippen molar-refractivity contribution in [1.29, 1.82) is 0 Å². The van der Waals surface area contributed by atoms with Crippen LogP contribution in [0.15, 0.2) is 38.0 Å². The summed E-state index contributed by atoms with van der Waals surface area (Å²) in [6.07, 6.45) is 0. The van der Waals surface area contributed by atoms with Crippen molar-refractivity contribution in [2.75, 3.05) is 14.2 Å². The topological polar surface area (TPSA) is 107 Å². The number of benzene rings is 1. The van der Waals surface area contributed by atoms with Gasteiger partial charge in [-0.25, -0.2) is 4.79 Å². The molecule has 0 spiro atoms. The Morgan fingerprint density at radius 2 is 1.74 bits per heavy atom. The maximum atomic E-state index is 12.0. The van der Waals surface area contributed by atoms with Crippen LogP contribution in [0.3, 0.4) is 0 Å². The van der Waals surface area contributed by atoms with E-state index in [0.717, 1.165) is 9.13 Å². The molecule has 0 saturated carbocycles. The maximum absolute atomic E-state index is 12.0. The third-order valence-electron chi connectivity index (χ3n) is 3.26. The minimum atomic E-state index is -0.748. The first kappa shape index (κ1) is 16.3. The van der Waals surface area contributed by atoms with Crippen LogP contribution in [0.2, 0.25) is 0 Å². The predicted molar refractivity (Wildman–Crippen MR) is 82.3 cm³/mol. The van der Waals surface area contributed by atoms with Crippen molar-refractivity contribution in [1.82, 2.24) is 9.13 Å². The summed E-state index contributed by atoms with van der Waals surface area (Å²) in [4.78, 5) is 23.7. The number of aromatic hydroxyl groups is 1. The number of methoxy groups -OCH3 is 2. The third kappa shape index (κ3) is 2.93. The molecule has 9 nitrogen and oxygen atoms in total. The maximum Gasteiger partial charge on any atom is 0.333 e. The van der Waals surface area contributed by atoms with Gasteiger partial charge in [0.05, 0.1) is 14.2 Å². The van der Waals surface area contributed by atoms with E-state index in [0.29, 0.717) is 17.2 Å². The SMILES string of the molecule is COc1ccc(N=Nc2c(O)n(C)c(=O)n(C)c2=O)c(OC)c1. The van der Waals surface area contributed by atoms with Crippen molar-refractivity contribution >= 4 is 11.4 Å². The fraction of sp³-hybridized carbons (Fsp3) is 0.286. The van der Waals surface area contributed by atoms with Crippen LogP contribution in [0, 0.1) is 0 Å². The van der Waals surface area contributed by atoms with Gasteiger partial charge in [-0.05, 0) is 12.1 Å². The molecule has 0 amide bonds. The van der Waals surface area contributed by atoms with Crippen molar-refractivity contribution in [2.45, 2.75) is 0 Å². The average Bonchev–Trinajstić information content (AvgIpc) is 2.58. The average molecular weight is 320 g/mol. The monoisotopic (exact) mass is 320 g/mol. The van der Waals surface area contributed by atoms with Crippen LogP contribution >= 0.6 is 0 Å². The molecule has 0 atom stereocenters. The van der Waals surface area contributed by atoms with Crippen molar-refractivity contribution in [3.63, 3.8) is 0 Å². The van der Waals surface area contributed by atoms with Gasteiger partial charge in [-0.1, -0.05) is 0 Å². The van der Waals surface area contributed by atoms with E-state index in [-0.39, 0.29) is 5.69 Å². The molecule has 2 aromatic rings. The number of rotatable bonds is 4. The van der Waals surface area contributed by atoms with Gasteiger partial charge in [0.25, 0.3) is 5.56 Å². The third-order valence-corrected chi connectivity index (χ3v) is 3.26. The molecule has 9 heteroatoms. The van der Waals surface area contributed by atoms with Gasteiger partial charge in [0, 0.05) is 20.2 Å². The normalized spacial score (nSPS) is 11.0. The van der Waals surface area contributed by atoms with Crippen LogP contribution in [0.25, 0.3) is 0 Å². The van der Waals surface area contributed by atoms with Crippen molar-refractivity contribution in [3.05, 3.63) is 39.0 Å². The Morgan fingerprint density at radius 1 is 1.04 bits per heavy atom. The molecule has 122 valence electrons. The molecule has 0 fully saturated rings. The van der Waals surface area contributed by atoms with Gasteiger partial charge < -0.3 is 14.6 Å². The zero-order valence-electron chi connectivity index (χ0n) is 13.1. The standard InChI is InChI=1S/C14H16N4O5/c1-17-12(19)11(13(20)18(2)14(17)21)16-15-9-6-5-8(22-3)7-10(9)23-4/h5-7,19H,1-4H3. The Hall–Kier alpha value is -3.10. The molecule has 0 aliphatic carbocycles. The number of nitrogens with zero attached hydrogens (tertiary/aromatic N) is 4. The summed E-state index contributed by atoms with van der Waals surface area (Å²) in [5, 5.41) is 17.6. The lowest BCUT2D eigenvalue weighted by Gasteiger charge is -2.07. The lowest BCUT2D eigenvalue weighted by Crippen LogP contribution is -2.36. The van der Waals surface area contributed by atoms with Crippen molar-refractivity contribution < 1.29 is 14.6 Å². The molecule has 1 aromatic carbocycles. The summed E-state index contributed by atoms with van der Waals surface area (Å²) in [5.41, 5.74) is -1.41. The minimum absolute atomic E-state index is 0.337. The fourth-order valence-corrected chi connectivity index (χ4v) is 1.87. The lowest BCUT2D eigenvalue weighted by atomic mass is 10.3. The molecule has 1 N–H and O–H groups in total. The molecule has 1 aromatic heterocycles. The number of azo groups is 1. The smallest absolute Gasteiger partial charge is 0.333 e. The fourth-order valence-electron chi connectivity index (χ4n) is 1.87. The number of hydrogen-bond donors (Lipinski definition) is 1. The van der Waals surface area contributed by atoms with Crippen molar-refractivity contribution in [2.24, 2.45) is 24.3 Å². The Balaban J connectivity index is 2.54. The van der Waals surface area contributed by atoms with Crippen molar-refractivity contribution in [3.8, 4) is 17.4 Å². The summed E-state index contributed by atoms with van der Waals surface area (Å²) in [6, 6.07) is 4.84. The zero-order valence-corrected chi connectivity index (χ0v) is 13.1. The van der Waals surface area contributed by atoms with Crippen LogP contribution in [-0.2, 0) is 14.1 Å². The largest absolute Gasteiger partial charge is 0.497 e. The highest BCUT2D eigenvalue weighted by Crippen LogP contribution is 2.33. The Labute approximate surface area is 131 Å². The van der Waals surface area contributed by atoms with Crippen LogP contribution in [0.1, 0.15) is 0 Å². The molecule has 0 bridgehead atoms. The zero-order chi connectivity index (χ0) is 17.1. The van der Waals surface area contributed by atoms with Crippen LogP contribution in [-0.4, -0.2) is 28.5 Å². The second kappa shape index (κ2) is 6.34.